The molecule has 0 saturated heterocycles. The topological polar surface area (TPSA) is 38.3 Å². The van der Waals surface area contributed by atoms with E-state index in [-0.39, 0.29) is 5.91 Å². The van der Waals surface area contributed by atoms with E-state index >= 15 is 0 Å². The summed E-state index contributed by atoms with van der Waals surface area (Å²) >= 11 is 3.41. The van der Waals surface area contributed by atoms with Gasteiger partial charge in [-0.05, 0) is 61.4 Å². The van der Waals surface area contributed by atoms with Crippen molar-refractivity contribution in [1.29, 1.82) is 0 Å². The minimum absolute atomic E-state index is 0.176. The van der Waals surface area contributed by atoms with Crippen molar-refractivity contribution in [3.05, 3.63) is 63.6 Å². The fraction of sp³-hybridized carbons (Fsp3) is 0.167. The fourth-order valence-electron chi connectivity index (χ4n) is 2.00. The van der Waals surface area contributed by atoms with Gasteiger partial charge in [-0.15, -0.1) is 0 Å². The van der Waals surface area contributed by atoms with Gasteiger partial charge in [-0.25, -0.2) is 0 Å². The van der Waals surface area contributed by atoms with Gasteiger partial charge in [0.15, 0.2) is 0 Å². The number of anilines is 1. The Balaban J connectivity index is 2.11. The van der Waals surface area contributed by atoms with Crippen molar-refractivity contribution in [2.45, 2.75) is 13.8 Å². The molecule has 0 aliphatic carbocycles. The Morgan fingerprint density at radius 3 is 2.59 bits per heavy atom. The number of carbonyl (C=O) groups is 1. The zero-order valence-corrected chi connectivity index (χ0v) is 14.4. The number of nitrogens with one attached hydrogen (secondary N) is 1. The summed E-state index contributed by atoms with van der Waals surface area (Å²) in [5.74, 6) is 0.545. The molecule has 114 valence electrons. The molecule has 0 spiro atoms. The highest BCUT2D eigenvalue weighted by Crippen LogP contribution is 2.24. The van der Waals surface area contributed by atoms with Gasteiger partial charge in [0, 0.05) is 21.8 Å². The summed E-state index contributed by atoms with van der Waals surface area (Å²) in [6.07, 6.45) is 3.24. The molecule has 2 rings (SSSR count). The molecule has 0 saturated carbocycles. The summed E-state index contributed by atoms with van der Waals surface area (Å²) in [4.78, 5) is 12.0. The summed E-state index contributed by atoms with van der Waals surface area (Å²) in [6, 6.07) is 11.5. The molecule has 0 atom stereocenters. The SMILES string of the molecule is COc1ccc(Br)cc1/C=C/C(=O)Nc1ccc(C)c(C)c1. The van der Waals surface area contributed by atoms with Gasteiger partial charge in [0.1, 0.15) is 5.75 Å². The predicted molar refractivity (Wildman–Crippen MR) is 94.3 cm³/mol. The number of rotatable bonds is 4. The molecule has 1 amide bonds. The van der Waals surface area contributed by atoms with Gasteiger partial charge >= 0.3 is 0 Å². The lowest BCUT2D eigenvalue weighted by atomic mass is 10.1. The predicted octanol–water partition coefficient (Wildman–Crippen LogP) is 4.73. The first kappa shape index (κ1) is 16.3. The van der Waals surface area contributed by atoms with Crippen LogP contribution in [0.3, 0.4) is 0 Å². The van der Waals surface area contributed by atoms with E-state index in [0.717, 1.165) is 27.0 Å². The van der Waals surface area contributed by atoms with E-state index in [0.29, 0.717) is 0 Å². The molecule has 0 aromatic heterocycles. The molecule has 0 heterocycles. The minimum Gasteiger partial charge on any atom is -0.496 e. The Kier molecular flexibility index (Phi) is 5.39. The first-order valence-electron chi connectivity index (χ1n) is 6.89. The Morgan fingerprint density at radius 1 is 1.14 bits per heavy atom. The molecule has 0 unspecified atom stereocenters. The lowest BCUT2D eigenvalue weighted by Gasteiger charge is -2.06. The molecule has 2 aromatic rings. The highest BCUT2D eigenvalue weighted by molar-refractivity contribution is 9.10. The van der Waals surface area contributed by atoms with Crippen molar-refractivity contribution in [3.63, 3.8) is 0 Å². The second-order valence-corrected chi connectivity index (χ2v) is 5.92. The number of ether oxygens (including phenoxy) is 1. The normalized spacial score (nSPS) is 10.7. The first-order valence-corrected chi connectivity index (χ1v) is 7.69. The van der Waals surface area contributed by atoms with Crippen LogP contribution in [0.4, 0.5) is 5.69 Å². The van der Waals surface area contributed by atoms with Crippen LogP contribution in [0.1, 0.15) is 16.7 Å². The van der Waals surface area contributed by atoms with E-state index in [9.17, 15) is 4.79 Å². The van der Waals surface area contributed by atoms with Crippen LogP contribution in [-0.4, -0.2) is 13.0 Å². The van der Waals surface area contributed by atoms with Crippen LogP contribution in [0.5, 0.6) is 5.75 Å². The molecular formula is C18H18BrNO2. The third-order valence-corrected chi connectivity index (χ3v) is 3.87. The number of methoxy groups -OCH3 is 1. The number of hydrogen-bond acceptors (Lipinski definition) is 2. The number of halogens is 1. The highest BCUT2D eigenvalue weighted by Gasteiger charge is 2.03. The van der Waals surface area contributed by atoms with E-state index in [4.69, 9.17) is 4.74 Å². The van der Waals surface area contributed by atoms with Gasteiger partial charge in [-0.3, -0.25) is 4.79 Å². The molecule has 0 aliphatic heterocycles. The standard InChI is InChI=1S/C18H18BrNO2/c1-12-4-7-16(10-13(12)2)20-18(21)9-5-14-11-15(19)6-8-17(14)22-3/h4-11H,1-3H3,(H,20,21)/b9-5+. The summed E-state index contributed by atoms with van der Waals surface area (Å²) in [6.45, 7) is 4.06. The van der Waals surface area contributed by atoms with Crippen molar-refractivity contribution >= 4 is 33.6 Å². The molecule has 0 bridgehead atoms. The smallest absolute Gasteiger partial charge is 0.248 e. The lowest BCUT2D eigenvalue weighted by molar-refractivity contribution is -0.111. The molecule has 22 heavy (non-hydrogen) atoms. The van der Waals surface area contributed by atoms with Crippen molar-refractivity contribution in [1.82, 2.24) is 0 Å². The molecule has 2 aromatic carbocycles. The minimum atomic E-state index is -0.176. The van der Waals surface area contributed by atoms with Gasteiger partial charge in [-0.2, -0.15) is 0 Å². The molecule has 0 radical (unpaired) electrons. The number of aryl methyl sites for hydroxylation is 2. The Bertz CT molecular complexity index is 723. The number of hydrogen-bond donors (Lipinski definition) is 1. The monoisotopic (exact) mass is 359 g/mol. The van der Waals surface area contributed by atoms with Crippen molar-refractivity contribution in [2.75, 3.05) is 12.4 Å². The summed E-state index contributed by atoms with van der Waals surface area (Å²) < 4.78 is 6.21. The largest absolute Gasteiger partial charge is 0.496 e. The summed E-state index contributed by atoms with van der Waals surface area (Å²) in [5, 5.41) is 2.85. The average Bonchev–Trinajstić information content (AvgIpc) is 2.49. The molecule has 0 fully saturated rings. The van der Waals surface area contributed by atoms with Gasteiger partial charge in [0.05, 0.1) is 7.11 Å². The second-order valence-electron chi connectivity index (χ2n) is 5.01. The highest BCUT2D eigenvalue weighted by atomic mass is 79.9. The van der Waals surface area contributed by atoms with Crippen molar-refractivity contribution in [3.8, 4) is 5.75 Å². The average molecular weight is 360 g/mol. The summed E-state index contributed by atoms with van der Waals surface area (Å²) in [7, 11) is 1.61. The van der Waals surface area contributed by atoms with Crippen LogP contribution in [0.15, 0.2) is 46.9 Å². The Morgan fingerprint density at radius 2 is 1.91 bits per heavy atom. The maximum Gasteiger partial charge on any atom is 0.248 e. The van der Waals surface area contributed by atoms with E-state index in [1.165, 1.54) is 11.6 Å². The molecule has 0 aliphatic rings. The quantitative estimate of drug-likeness (QED) is 0.801. The summed E-state index contributed by atoms with van der Waals surface area (Å²) in [5.41, 5.74) is 3.98. The van der Waals surface area contributed by atoms with E-state index in [1.54, 1.807) is 13.2 Å². The second kappa shape index (κ2) is 7.27. The van der Waals surface area contributed by atoms with Gasteiger partial charge in [0.25, 0.3) is 0 Å². The zero-order valence-electron chi connectivity index (χ0n) is 12.8. The van der Waals surface area contributed by atoms with Crippen LogP contribution in [0, 0.1) is 13.8 Å². The van der Waals surface area contributed by atoms with Crippen LogP contribution in [0.2, 0.25) is 0 Å². The Hall–Kier alpha value is -2.07. The molecular weight excluding hydrogens is 342 g/mol. The van der Waals surface area contributed by atoms with Crippen LogP contribution >= 0.6 is 15.9 Å². The number of benzene rings is 2. The van der Waals surface area contributed by atoms with Crippen LogP contribution in [0.25, 0.3) is 6.08 Å². The maximum absolute atomic E-state index is 12.0. The molecule has 4 heteroatoms. The van der Waals surface area contributed by atoms with Crippen LogP contribution in [-0.2, 0) is 4.79 Å². The van der Waals surface area contributed by atoms with Gasteiger partial charge < -0.3 is 10.1 Å². The maximum atomic E-state index is 12.0. The third kappa shape index (κ3) is 4.21. The van der Waals surface area contributed by atoms with Gasteiger partial charge in [-0.1, -0.05) is 22.0 Å². The van der Waals surface area contributed by atoms with Gasteiger partial charge in [0.2, 0.25) is 5.91 Å². The lowest BCUT2D eigenvalue weighted by Crippen LogP contribution is -2.08. The van der Waals surface area contributed by atoms with Crippen LogP contribution < -0.4 is 10.1 Å². The number of carbonyl (C=O) groups excluding carboxylic acids is 1. The van der Waals surface area contributed by atoms with E-state index in [2.05, 4.69) is 21.2 Å². The first-order chi connectivity index (χ1) is 10.5. The number of amides is 1. The van der Waals surface area contributed by atoms with Crippen molar-refractivity contribution < 1.29 is 9.53 Å². The van der Waals surface area contributed by atoms with Crippen molar-refractivity contribution in [2.24, 2.45) is 0 Å². The third-order valence-electron chi connectivity index (χ3n) is 3.38. The Labute approximate surface area is 139 Å². The molecule has 1 N–H and O–H groups in total. The molecule has 3 nitrogen and oxygen atoms in total. The zero-order chi connectivity index (χ0) is 16.1. The van der Waals surface area contributed by atoms with E-state index < -0.39 is 0 Å². The van der Waals surface area contributed by atoms with E-state index in [1.807, 2.05) is 50.2 Å². The fourth-order valence-corrected chi connectivity index (χ4v) is 2.38.